The van der Waals surface area contributed by atoms with Crippen molar-refractivity contribution in [3.05, 3.63) is 36.6 Å². The number of nitrogens with zero attached hydrogens (tertiary/aromatic N) is 5. The molecule has 0 amide bonds. The molecule has 0 aromatic carbocycles. The molecule has 3 heterocycles. The molecule has 0 aliphatic carbocycles. The van der Waals surface area contributed by atoms with Crippen LogP contribution in [0.15, 0.2) is 15.9 Å². The number of hydrogen-bond donors (Lipinski definition) is 0. The minimum absolute atomic E-state index is 0.163. The van der Waals surface area contributed by atoms with Gasteiger partial charge in [-0.3, -0.25) is 15.0 Å². The minimum atomic E-state index is -0.295. The van der Waals surface area contributed by atoms with E-state index in [1.807, 2.05) is 6.92 Å². The van der Waals surface area contributed by atoms with Gasteiger partial charge in [0.1, 0.15) is 5.69 Å². The maximum Gasteiger partial charge on any atom is 0.334 e. The molecule has 9 heteroatoms. The van der Waals surface area contributed by atoms with E-state index in [0.29, 0.717) is 17.9 Å². The third-order valence-electron chi connectivity index (χ3n) is 4.26. The number of halogens is 1. The fraction of sp³-hybridized carbons (Fsp3) is 0.533. The second-order valence-electron chi connectivity index (χ2n) is 5.82. The predicted octanol–water partition coefficient (Wildman–Crippen LogP) is 3.04. The molecule has 0 saturated carbocycles. The molecule has 1 saturated heterocycles. The van der Waals surface area contributed by atoms with Gasteiger partial charge in [0, 0.05) is 44.6 Å². The van der Waals surface area contributed by atoms with Crippen LogP contribution in [0.25, 0.3) is 0 Å². The molecule has 0 N–H and O–H groups in total. The summed E-state index contributed by atoms with van der Waals surface area (Å²) in [6.07, 6.45) is 0.567. The molecule has 2 aromatic rings. The molecular formula is C15H20BrN5O2S. The highest BCUT2D eigenvalue weighted by molar-refractivity contribution is 9.11. The van der Waals surface area contributed by atoms with Crippen LogP contribution >= 0.6 is 27.3 Å². The molecule has 0 spiro atoms. The lowest BCUT2D eigenvalue weighted by molar-refractivity contribution is -0.384. The van der Waals surface area contributed by atoms with Gasteiger partial charge in [-0.1, -0.05) is 6.92 Å². The average molecular weight is 414 g/mol. The lowest BCUT2D eigenvalue weighted by Gasteiger charge is -2.35. The SMILES string of the molecule is CCc1nn(C)c(N2CCN(Cc3ccc(Br)s3)CC2)c1[N+](=O)[O-]. The predicted molar refractivity (Wildman–Crippen MR) is 98.7 cm³/mol. The molecule has 7 nitrogen and oxygen atoms in total. The molecule has 2 aromatic heterocycles. The van der Waals surface area contributed by atoms with Crippen LogP contribution in [-0.4, -0.2) is 45.8 Å². The van der Waals surface area contributed by atoms with Gasteiger partial charge < -0.3 is 4.90 Å². The first kappa shape index (κ1) is 17.4. The lowest BCUT2D eigenvalue weighted by Crippen LogP contribution is -2.46. The zero-order valence-electron chi connectivity index (χ0n) is 13.7. The van der Waals surface area contributed by atoms with E-state index >= 15 is 0 Å². The fourth-order valence-corrected chi connectivity index (χ4v) is 4.64. The molecule has 1 aliphatic rings. The van der Waals surface area contributed by atoms with Gasteiger partial charge in [0.25, 0.3) is 0 Å². The van der Waals surface area contributed by atoms with Gasteiger partial charge >= 0.3 is 5.69 Å². The first-order valence-electron chi connectivity index (χ1n) is 7.91. The highest BCUT2D eigenvalue weighted by Crippen LogP contribution is 2.32. The third kappa shape index (κ3) is 3.47. The Hall–Kier alpha value is -1.45. The van der Waals surface area contributed by atoms with E-state index in [1.165, 1.54) is 4.88 Å². The zero-order chi connectivity index (χ0) is 17.3. The maximum absolute atomic E-state index is 11.5. The van der Waals surface area contributed by atoms with E-state index < -0.39 is 0 Å². The Morgan fingerprint density at radius 1 is 1.33 bits per heavy atom. The van der Waals surface area contributed by atoms with Gasteiger partial charge in [-0.25, -0.2) is 4.68 Å². The normalized spacial score (nSPS) is 15.9. The van der Waals surface area contributed by atoms with Crippen LogP contribution in [0, 0.1) is 10.1 Å². The number of aryl methyl sites for hydroxylation is 2. The quantitative estimate of drug-likeness (QED) is 0.556. The summed E-state index contributed by atoms with van der Waals surface area (Å²) >= 11 is 5.25. The van der Waals surface area contributed by atoms with Crippen molar-refractivity contribution in [2.24, 2.45) is 7.05 Å². The number of piperazine rings is 1. The standard InChI is InChI=1S/C15H20BrN5O2S/c1-3-12-14(21(22)23)15(18(2)17-12)20-8-6-19(7-9-20)10-11-4-5-13(16)24-11/h4-5H,3,6-10H2,1-2H3. The van der Waals surface area contributed by atoms with Gasteiger partial charge in [-0.05, 0) is 34.5 Å². The van der Waals surface area contributed by atoms with Crippen LogP contribution in [0.1, 0.15) is 17.5 Å². The van der Waals surface area contributed by atoms with Crippen LogP contribution in [-0.2, 0) is 20.0 Å². The molecule has 130 valence electrons. The first-order valence-corrected chi connectivity index (χ1v) is 9.52. The lowest BCUT2D eigenvalue weighted by atomic mass is 10.2. The Kier molecular flexibility index (Phi) is 5.21. The van der Waals surface area contributed by atoms with Crippen molar-refractivity contribution in [3.8, 4) is 0 Å². The number of nitro groups is 1. The van der Waals surface area contributed by atoms with Crippen LogP contribution in [0.2, 0.25) is 0 Å². The smallest absolute Gasteiger partial charge is 0.334 e. The van der Waals surface area contributed by atoms with Crippen molar-refractivity contribution >= 4 is 38.8 Å². The Balaban J connectivity index is 1.70. The summed E-state index contributed by atoms with van der Waals surface area (Å²) in [7, 11) is 1.79. The van der Waals surface area contributed by atoms with Gasteiger partial charge in [-0.2, -0.15) is 5.10 Å². The second kappa shape index (κ2) is 7.20. The van der Waals surface area contributed by atoms with Gasteiger partial charge in [0.05, 0.1) is 8.71 Å². The van der Waals surface area contributed by atoms with Crippen LogP contribution < -0.4 is 4.90 Å². The molecule has 0 bridgehead atoms. The summed E-state index contributed by atoms with van der Waals surface area (Å²) in [4.78, 5) is 17.0. The van der Waals surface area contributed by atoms with Gasteiger partial charge in [0.2, 0.25) is 5.82 Å². The molecule has 0 radical (unpaired) electrons. The summed E-state index contributed by atoms with van der Waals surface area (Å²) in [5.74, 6) is 0.635. The Labute approximate surface area is 153 Å². The van der Waals surface area contributed by atoms with Crippen molar-refractivity contribution in [1.82, 2.24) is 14.7 Å². The summed E-state index contributed by atoms with van der Waals surface area (Å²) < 4.78 is 2.80. The van der Waals surface area contributed by atoms with E-state index in [9.17, 15) is 10.1 Å². The van der Waals surface area contributed by atoms with E-state index in [4.69, 9.17) is 0 Å². The first-order chi connectivity index (χ1) is 11.5. The largest absolute Gasteiger partial charge is 0.349 e. The van der Waals surface area contributed by atoms with E-state index in [-0.39, 0.29) is 10.6 Å². The number of rotatable bonds is 5. The van der Waals surface area contributed by atoms with Crippen molar-refractivity contribution < 1.29 is 4.92 Å². The summed E-state index contributed by atoms with van der Waals surface area (Å²) in [6.45, 7) is 6.15. The number of aromatic nitrogens is 2. The van der Waals surface area contributed by atoms with Crippen LogP contribution in [0.3, 0.4) is 0 Å². The minimum Gasteiger partial charge on any atom is -0.349 e. The van der Waals surface area contributed by atoms with Crippen LogP contribution in [0.4, 0.5) is 11.5 Å². The Morgan fingerprint density at radius 3 is 2.58 bits per heavy atom. The average Bonchev–Trinajstić information content (AvgIpc) is 3.11. The third-order valence-corrected chi connectivity index (χ3v) is 5.87. The summed E-state index contributed by atoms with van der Waals surface area (Å²) in [6, 6.07) is 4.21. The van der Waals surface area contributed by atoms with E-state index in [2.05, 4.69) is 43.0 Å². The maximum atomic E-state index is 11.5. The highest BCUT2D eigenvalue weighted by Gasteiger charge is 2.31. The summed E-state index contributed by atoms with van der Waals surface area (Å²) in [5, 5.41) is 15.8. The topological polar surface area (TPSA) is 67.4 Å². The number of anilines is 1. The molecule has 0 unspecified atom stereocenters. The van der Waals surface area contributed by atoms with E-state index in [1.54, 1.807) is 23.1 Å². The monoisotopic (exact) mass is 413 g/mol. The zero-order valence-corrected chi connectivity index (χ0v) is 16.1. The molecule has 24 heavy (non-hydrogen) atoms. The van der Waals surface area contributed by atoms with Crippen molar-refractivity contribution in [3.63, 3.8) is 0 Å². The van der Waals surface area contributed by atoms with Gasteiger partial charge in [0.15, 0.2) is 0 Å². The number of thiophene rings is 1. The molecule has 3 rings (SSSR count). The van der Waals surface area contributed by atoms with E-state index in [0.717, 1.165) is 36.5 Å². The molecule has 1 fully saturated rings. The number of hydrogen-bond acceptors (Lipinski definition) is 6. The molecule has 0 atom stereocenters. The summed E-state index contributed by atoms with van der Waals surface area (Å²) in [5.41, 5.74) is 0.721. The van der Waals surface area contributed by atoms with Crippen molar-refractivity contribution in [2.75, 3.05) is 31.1 Å². The van der Waals surface area contributed by atoms with Crippen molar-refractivity contribution in [1.29, 1.82) is 0 Å². The van der Waals surface area contributed by atoms with Crippen LogP contribution in [0.5, 0.6) is 0 Å². The van der Waals surface area contributed by atoms with Gasteiger partial charge in [-0.15, -0.1) is 11.3 Å². The fourth-order valence-electron chi connectivity index (χ4n) is 3.11. The van der Waals surface area contributed by atoms with Crippen molar-refractivity contribution in [2.45, 2.75) is 19.9 Å². The Bertz CT molecular complexity index is 736. The Morgan fingerprint density at radius 2 is 2.04 bits per heavy atom. The second-order valence-corrected chi connectivity index (χ2v) is 8.37. The molecule has 1 aliphatic heterocycles. The highest BCUT2D eigenvalue weighted by atomic mass is 79.9. The molecular weight excluding hydrogens is 394 g/mol.